The van der Waals surface area contributed by atoms with Crippen LogP contribution in [0.3, 0.4) is 0 Å². The maximum Gasteiger partial charge on any atom is 0.0540 e. The highest BCUT2D eigenvalue weighted by molar-refractivity contribution is 7.98. The van der Waals surface area contributed by atoms with Gasteiger partial charge in [-0.15, -0.1) is 0 Å². The first-order valence-corrected chi connectivity index (χ1v) is 6.60. The number of nitrogens with one attached hydrogen (secondary N) is 1. The molecule has 1 aliphatic carbocycles. The van der Waals surface area contributed by atoms with Gasteiger partial charge < -0.3 is 10.4 Å². The minimum absolute atomic E-state index is 0.0116. The molecule has 0 radical (unpaired) electrons. The SMILES string of the molecule is CSCCNCC1CCC(O)CC1. The third-order valence-electron chi connectivity index (χ3n) is 2.73. The fourth-order valence-corrected chi connectivity index (χ4v) is 2.18. The highest BCUT2D eigenvalue weighted by Gasteiger charge is 2.18. The van der Waals surface area contributed by atoms with Crippen molar-refractivity contribution < 1.29 is 5.11 Å². The van der Waals surface area contributed by atoms with E-state index in [0.717, 1.165) is 31.8 Å². The van der Waals surface area contributed by atoms with E-state index in [0.29, 0.717) is 0 Å². The zero-order valence-corrected chi connectivity index (χ0v) is 9.28. The summed E-state index contributed by atoms with van der Waals surface area (Å²) < 4.78 is 0. The van der Waals surface area contributed by atoms with Crippen LogP contribution >= 0.6 is 11.8 Å². The van der Waals surface area contributed by atoms with Gasteiger partial charge in [0.15, 0.2) is 0 Å². The first-order valence-electron chi connectivity index (χ1n) is 5.20. The van der Waals surface area contributed by atoms with Gasteiger partial charge in [0.1, 0.15) is 0 Å². The predicted molar refractivity (Wildman–Crippen MR) is 59.2 cm³/mol. The molecule has 0 heterocycles. The van der Waals surface area contributed by atoms with E-state index in [1.165, 1.54) is 18.6 Å². The van der Waals surface area contributed by atoms with Crippen molar-refractivity contribution in [3.05, 3.63) is 0 Å². The molecular weight excluding hydrogens is 182 g/mol. The molecule has 3 heteroatoms. The van der Waals surface area contributed by atoms with Crippen molar-refractivity contribution in [2.75, 3.05) is 25.1 Å². The van der Waals surface area contributed by atoms with E-state index in [-0.39, 0.29) is 6.10 Å². The van der Waals surface area contributed by atoms with Crippen molar-refractivity contribution in [1.29, 1.82) is 0 Å². The molecule has 1 rings (SSSR count). The molecule has 2 nitrogen and oxygen atoms in total. The van der Waals surface area contributed by atoms with E-state index >= 15 is 0 Å². The predicted octanol–water partition coefficient (Wildman–Crippen LogP) is 1.49. The first-order chi connectivity index (χ1) is 6.33. The highest BCUT2D eigenvalue weighted by Crippen LogP contribution is 2.23. The van der Waals surface area contributed by atoms with Gasteiger partial charge in [-0.3, -0.25) is 0 Å². The summed E-state index contributed by atoms with van der Waals surface area (Å²) in [5.41, 5.74) is 0. The lowest BCUT2D eigenvalue weighted by atomic mass is 9.87. The van der Waals surface area contributed by atoms with E-state index in [9.17, 15) is 5.11 Å². The summed E-state index contributed by atoms with van der Waals surface area (Å²) in [5.74, 6) is 2.01. The second-order valence-electron chi connectivity index (χ2n) is 3.87. The molecule has 78 valence electrons. The number of aliphatic hydroxyl groups excluding tert-OH is 1. The van der Waals surface area contributed by atoms with Crippen LogP contribution in [-0.4, -0.2) is 36.3 Å². The lowest BCUT2D eigenvalue weighted by molar-refractivity contribution is 0.108. The van der Waals surface area contributed by atoms with Crippen LogP contribution in [0.2, 0.25) is 0 Å². The molecule has 13 heavy (non-hydrogen) atoms. The Kier molecular flexibility index (Phi) is 5.83. The molecule has 0 aliphatic heterocycles. The van der Waals surface area contributed by atoms with Crippen LogP contribution in [0.1, 0.15) is 25.7 Å². The van der Waals surface area contributed by atoms with Gasteiger partial charge in [0, 0.05) is 12.3 Å². The first kappa shape index (κ1) is 11.3. The van der Waals surface area contributed by atoms with Crippen LogP contribution in [0.5, 0.6) is 0 Å². The Morgan fingerprint density at radius 2 is 2.00 bits per heavy atom. The Labute approximate surface area is 85.5 Å². The van der Waals surface area contributed by atoms with E-state index in [1.807, 2.05) is 11.8 Å². The number of rotatable bonds is 5. The molecule has 0 amide bonds. The topological polar surface area (TPSA) is 32.3 Å². The van der Waals surface area contributed by atoms with Gasteiger partial charge in [-0.25, -0.2) is 0 Å². The van der Waals surface area contributed by atoms with Crippen LogP contribution in [0.25, 0.3) is 0 Å². The maximum atomic E-state index is 9.31. The second-order valence-corrected chi connectivity index (χ2v) is 4.86. The number of hydrogen-bond acceptors (Lipinski definition) is 3. The zero-order chi connectivity index (χ0) is 9.52. The largest absolute Gasteiger partial charge is 0.393 e. The van der Waals surface area contributed by atoms with Crippen molar-refractivity contribution in [3.8, 4) is 0 Å². The van der Waals surface area contributed by atoms with Crippen molar-refractivity contribution in [3.63, 3.8) is 0 Å². The van der Waals surface area contributed by atoms with Crippen LogP contribution in [0, 0.1) is 5.92 Å². The van der Waals surface area contributed by atoms with E-state index in [4.69, 9.17) is 0 Å². The van der Waals surface area contributed by atoms with Gasteiger partial charge in [0.2, 0.25) is 0 Å². The Balaban J connectivity index is 1.96. The Morgan fingerprint density at radius 3 is 2.62 bits per heavy atom. The molecule has 1 aliphatic rings. The summed E-state index contributed by atoms with van der Waals surface area (Å²) >= 11 is 1.89. The number of thioether (sulfide) groups is 1. The third-order valence-corrected chi connectivity index (χ3v) is 3.34. The minimum atomic E-state index is -0.0116. The Bertz CT molecular complexity index is 124. The van der Waals surface area contributed by atoms with E-state index in [2.05, 4.69) is 11.6 Å². The summed E-state index contributed by atoms with van der Waals surface area (Å²) in [7, 11) is 0. The molecule has 1 saturated carbocycles. The smallest absolute Gasteiger partial charge is 0.0540 e. The molecule has 0 atom stereocenters. The fraction of sp³-hybridized carbons (Fsp3) is 1.00. The fourth-order valence-electron chi connectivity index (χ4n) is 1.83. The van der Waals surface area contributed by atoms with Gasteiger partial charge in [-0.1, -0.05) is 0 Å². The van der Waals surface area contributed by atoms with Crippen LogP contribution in [0.4, 0.5) is 0 Å². The van der Waals surface area contributed by atoms with E-state index in [1.54, 1.807) is 0 Å². The normalized spacial score (nSPS) is 29.1. The van der Waals surface area contributed by atoms with Crippen molar-refractivity contribution >= 4 is 11.8 Å². The highest BCUT2D eigenvalue weighted by atomic mass is 32.2. The van der Waals surface area contributed by atoms with Gasteiger partial charge in [0.25, 0.3) is 0 Å². The summed E-state index contributed by atoms with van der Waals surface area (Å²) in [4.78, 5) is 0. The zero-order valence-electron chi connectivity index (χ0n) is 8.46. The molecule has 2 N–H and O–H groups in total. The summed E-state index contributed by atoms with van der Waals surface area (Å²) in [6, 6.07) is 0. The van der Waals surface area contributed by atoms with Gasteiger partial charge in [-0.2, -0.15) is 11.8 Å². The molecular formula is C10H21NOS. The number of hydrogen-bond donors (Lipinski definition) is 2. The van der Waals surface area contributed by atoms with Crippen molar-refractivity contribution in [1.82, 2.24) is 5.32 Å². The molecule has 0 aromatic heterocycles. The average Bonchev–Trinajstić information content (AvgIpc) is 2.15. The lowest BCUT2D eigenvalue weighted by Crippen LogP contribution is -2.29. The van der Waals surface area contributed by atoms with Gasteiger partial charge >= 0.3 is 0 Å². The van der Waals surface area contributed by atoms with Crippen molar-refractivity contribution in [2.45, 2.75) is 31.8 Å². The van der Waals surface area contributed by atoms with Gasteiger partial charge in [-0.05, 0) is 44.4 Å². The van der Waals surface area contributed by atoms with E-state index < -0.39 is 0 Å². The monoisotopic (exact) mass is 203 g/mol. The van der Waals surface area contributed by atoms with Crippen LogP contribution in [-0.2, 0) is 0 Å². The lowest BCUT2D eigenvalue weighted by Gasteiger charge is -2.25. The Hall–Kier alpha value is 0.270. The number of aliphatic hydroxyl groups is 1. The molecule has 0 saturated heterocycles. The average molecular weight is 203 g/mol. The summed E-state index contributed by atoms with van der Waals surface area (Å²) in [5, 5.41) is 12.8. The van der Waals surface area contributed by atoms with Crippen LogP contribution in [0.15, 0.2) is 0 Å². The molecule has 1 fully saturated rings. The van der Waals surface area contributed by atoms with Crippen molar-refractivity contribution in [2.24, 2.45) is 5.92 Å². The second kappa shape index (κ2) is 6.68. The molecule has 0 bridgehead atoms. The molecule has 0 aromatic carbocycles. The minimum Gasteiger partial charge on any atom is -0.393 e. The quantitative estimate of drug-likeness (QED) is 0.664. The standard InChI is InChI=1S/C10H21NOS/c1-13-7-6-11-8-9-2-4-10(12)5-3-9/h9-12H,2-8H2,1H3. The summed E-state index contributed by atoms with van der Waals surface area (Å²) in [6.07, 6.45) is 6.55. The molecule has 0 unspecified atom stereocenters. The Morgan fingerprint density at radius 1 is 1.31 bits per heavy atom. The van der Waals surface area contributed by atoms with Crippen LogP contribution < -0.4 is 5.32 Å². The molecule has 0 spiro atoms. The van der Waals surface area contributed by atoms with Gasteiger partial charge in [0.05, 0.1) is 6.10 Å². The maximum absolute atomic E-state index is 9.31. The third kappa shape index (κ3) is 4.89. The summed E-state index contributed by atoms with van der Waals surface area (Å²) in [6.45, 7) is 2.27. The molecule has 0 aromatic rings.